The quantitative estimate of drug-likeness (QED) is 0.741. The van der Waals surface area contributed by atoms with Gasteiger partial charge in [-0.05, 0) is 38.5 Å². The fourth-order valence-electron chi connectivity index (χ4n) is 1.85. The Hall–Kier alpha value is -0.280. The molecule has 0 aromatic rings. The van der Waals surface area contributed by atoms with Crippen LogP contribution in [0.15, 0.2) is 0 Å². The van der Waals surface area contributed by atoms with Gasteiger partial charge in [0.15, 0.2) is 0 Å². The number of esters is 1. The molecule has 0 spiro atoms. The van der Waals surface area contributed by atoms with E-state index in [1.165, 1.54) is 0 Å². The van der Waals surface area contributed by atoms with E-state index in [0.717, 1.165) is 25.7 Å². The fourth-order valence-corrected chi connectivity index (χ4v) is 1.85. The largest absolute Gasteiger partial charge is 0.466 e. The van der Waals surface area contributed by atoms with Gasteiger partial charge >= 0.3 is 5.97 Å². The molecule has 4 heteroatoms. The number of rotatable bonds is 3. The van der Waals surface area contributed by atoms with Crippen LogP contribution in [0.4, 0.5) is 0 Å². The molecule has 0 atom stereocenters. The maximum absolute atomic E-state index is 11.1. The second-order valence-corrected chi connectivity index (χ2v) is 3.79. The average molecular weight is 222 g/mol. The van der Waals surface area contributed by atoms with Crippen molar-refractivity contribution in [2.24, 2.45) is 11.7 Å². The van der Waals surface area contributed by atoms with Crippen LogP contribution in [0.2, 0.25) is 0 Å². The van der Waals surface area contributed by atoms with E-state index >= 15 is 0 Å². The van der Waals surface area contributed by atoms with Crippen LogP contribution in [0.1, 0.15) is 39.0 Å². The molecule has 0 aromatic heterocycles. The first kappa shape index (κ1) is 13.7. The maximum atomic E-state index is 11.1. The van der Waals surface area contributed by atoms with Crippen LogP contribution in [0.25, 0.3) is 0 Å². The van der Waals surface area contributed by atoms with Crippen molar-refractivity contribution in [2.45, 2.75) is 45.1 Å². The van der Waals surface area contributed by atoms with E-state index in [-0.39, 0.29) is 18.4 Å². The Morgan fingerprint density at radius 3 is 2.43 bits per heavy atom. The van der Waals surface area contributed by atoms with Crippen molar-refractivity contribution in [1.29, 1.82) is 0 Å². The van der Waals surface area contributed by atoms with Gasteiger partial charge in [-0.25, -0.2) is 0 Å². The molecule has 1 fully saturated rings. The van der Waals surface area contributed by atoms with Crippen molar-refractivity contribution in [3.8, 4) is 0 Å². The minimum Gasteiger partial charge on any atom is -0.466 e. The molecule has 0 unspecified atom stereocenters. The lowest BCUT2D eigenvalue weighted by atomic mass is 9.84. The minimum absolute atomic E-state index is 0. The number of nitrogens with two attached hydrogens (primary N) is 1. The number of carbonyl (C=O) groups excluding carboxylic acids is 1. The predicted octanol–water partition coefficient (Wildman–Crippen LogP) is 1.88. The summed E-state index contributed by atoms with van der Waals surface area (Å²) in [4.78, 5) is 11.1. The van der Waals surface area contributed by atoms with E-state index in [1.54, 1.807) is 0 Å². The molecule has 0 aromatic carbocycles. The molecule has 84 valence electrons. The molecule has 1 aliphatic carbocycles. The van der Waals surface area contributed by atoms with Crippen LogP contribution in [-0.2, 0) is 9.53 Å². The molecule has 0 radical (unpaired) electrons. The summed E-state index contributed by atoms with van der Waals surface area (Å²) in [6.07, 6.45) is 4.87. The summed E-state index contributed by atoms with van der Waals surface area (Å²) in [5.74, 6) is 0.460. The number of hydrogen-bond donors (Lipinski definition) is 1. The lowest BCUT2D eigenvalue weighted by Gasteiger charge is -2.25. The molecule has 0 saturated heterocycles. The number of ether oxygens (including phenoxy) is 1. The average Bonchev–Trinajstić information content (AvgIpc) is 2.09. The van der Waals surface area contributed by atoms with Crippen molar-refractivity contribution < 1.29 is 9.53 Å². The van der Waals surface area contributed by atoms with Gasteiger partial charge in [-0.15, -0.1) is 12.4 Å². The Bertz CT molecular complexity index is 168. The molecule has 14 heavy (non-hydrogen) atoms. The van der Waals surface area contributed by atoms with Crippen LogP contribution in [0.5, 0.6) is 0 Å². The van der Waals surface area contributed by atoms with Crippen molar-refractivity contribution in [1.82, 2.24) is 0 Å². The zero-order valence-electron chi connectivity index (χ0n) is 8.70. The molecule has 0 aliphatic heterocycles. The van der Waals surface area contributed by atoms with Gasteiger partial charge < -0.3 is 10.5 Å². The van der Waals surface area contributed by atoms with Crippen LogP contribution in [0.3, 0.4) is 0 Å². The van der Waals surface area contributed by atoms with E-state index < -0.39 is 0 Å². The molecule has 1 rings (SSSR count). The van der Waals surface area contributed by atoms with Gasteiger partial charge in [-0.1, -0.05) is 0 Å². The molecule has 1 aliphatic rings. The highest BCUT2D eigenvalue weighted by Gasteiger charge is 2.21. The lowest BCUT2D eigenvalue weighted by Crippen LogP contribution is -2.27. The Balaban J connectivity index is 0.00000169. The third-order valence-electron chi connectivity index (χ3n) is 2.65. The molecular weight excluding hydrogens is 202 g/mol. The Morgan fingerprint density at radius 2 is 1.93 bits per heavy atom. The third kappa shape index (κ3) is 4.82. The Kier molecular flexibility index (Phi) is 6.93. The van der Waals surface area contributed by atoms with Crippen LogP contribution >= 0.6 is 12.4 Å². The Morgan fingerprint density at radius 1 is 1.36 bits per heavy atom. The summed E-state index contributed by atoms with van der Waals surface area (Å²) in [7, 11) is 0. The lowest BCUT2D eigenvalue weighted by molar-refractivity contribution is -0.144. The number of carbonyl (C=O) groups is 1. The van der Waals surface area contributed by atoms with Gasteiger partial charge in [-0.3, -0.25) is 4.79 Å². The number of hydrogen-bond acceptors (Lipinski definition) is 3. The Labute approximate surface area is 91.8 Å². The molecule has 1 saturated carbocycles. The van der Waals surface area contributed by atoms with Crippen molar-refractivity contribution in [2.75, 3.05) is 6.61 Å². The van der Waals surface area contributed by atoms with Crippen molar-refractivity contribution in [3.05, 3.63) is 0 Å². The SMILES string of the molecule is CCOC(=O)C[C@H]1CC[C@H](N)CC1.Cl. The highest BCUT2D eigenvalue weighted by atomic mass is 35.5. The van der Waals surface area contributed by atoms with E-state index in [1.807, 2.05) is 6.92 Å². The zero-order valence-corrected chi connectivity index (χ0v) is 9.52. The summed E-state index contributed by atoms with van der Waals surface area (Å²) < 4.78 is 4.90. The first-order valence-electron chi connectivity index (χ1n) is 5.13. The van der Waals surface area contributed by atoms with Crippen LogP contribution in [0, 0.1) is 5.92 Å². The van der Waals surface area contributed by atoms with Crippen molar-refractivity contribution >= 4 is 18.4 Å². The molecule has 0 bridgehead atoms. The summed E-state index contributed by atoms with van der Waals surface area (Å²) in [6.45, 7) is 2.33. The monoisotopic (exact) mass is 221 g/mol. The highest BCUT2D eigenvalue weighted by molar-refractivity contribution is 5.85. The maximum Gasteiger partial charge on any atom is 0.306 e. The predicted molar refractivity (Wildman–Crippen MR) is 58.4 cm³/mol. The second-order valence-electron chi connectivity index (χ2n) is 3.79. The molecule has 0 heterocycles. The van der Waals surface area contributed by atoms with Gasteiger partial charge in [0.2, 0.25) is 0 Å². The van der Waals surface area contributed by atoms with E-state index in [4.69, 9.17) is 10.5 Å². The van der Waals surface area contributed by atoms with Gasteiger partial charge in [-0.2, -0.15) is 0 Å². The van der Waals surface area contributed by atoms with Crippen LogP contribution < -0.4 is 5.73 Å². The fraction of sp³-hybridized carbons (Fsp3) is 0.900. The molecule has 2 N–H and O–H groups in total. The number of halogens is 1. The van der Waals surface area contributed by atoms with Crippen molar-refractivity contribution in [3.63, 3.8) is 0 Å². The summed E-state index contributed by atoms with van der Waals surface area (Å²) in [5.41, 5.74) is 5.77. The molecule has 0 amide bonds. The molecular formula is C10H20ClNO2. The van der Waals surface area contributed by atoms with Crippen LogP contribution in [-0.4, -0.2) is 18.6 Å². The third-order valence-corrected chi connectivity index (χ3v) is 2.65. The topological polar surface area (TPSA) is 52.3 Å². The normalized spacial score (nSPS) is 26.4. The first-order chi connectivity index (χ1) is 6.22. The smallest absolute Gasteiger partial charge is 0.306 e. The standard InChI is InChI=1S/C10H19NO2.ClH/c1-2-13-10(12)7-8-3-5-9(11)6-4-8;/h8-9H,2-7,11H2,1H3;1H/t8-,9-;. The van der Waals surface area contributed by atoms with Gasteiger partial charge in [0.25, 0.3) is 0 Å². The summed E-state index contributed by atoms with van der Waals surface area (Å²) >= 11 is 0. The van der Waals surface area contributed by atoms with E-state index in [9.17, 15) is 4.79 Å². The van der Waals surface area contributed by atoms with Gasteiger partial charge in [0, 0.05) is 12.5 Å². The summed E-state index contributed by atoms with van der Waals surface area (Å²) in [6, 6.07) is 0.360. The van der Waals surface area contributed by atoms with Gasteiger partial charge in [0.05, 0.1) is 6.61 Å². The van der Waals surface area contributed by atoms with E-state index in [0.29, 0.717) is 25.0 Å². The highest BCUT2D eigenvalue weighted by Crippen LogP contribution is 2.25. The molecule has 3 nitrogen and oxygen atoms in total. The first-order valence-corrected chi connectivity index (χ1v) is 5.13. The minimum atomic E-state index is -0.0528. The summed E-state index contributed by atoms with van der Waals surface area (Å²) in [5, 5.41) is 0. The second kappa shape index (κ2) is 7.07. The van der Waals surface area contributed by atoms with Gasteiger partial charge in [0.1, 0.15) is 0 Å². The zero-order chi connectivity index (χ0) is 9.68. The van der Waals surface area contributed by atoms with E-state index in [2.05, 4.69) is 0 Å².